The number of carbonyl (C=O) groups excluding carboxylic acids is 2. The largest absolute Gasteiger partial charge is 0.352 e. The molecule has 2 aromatic carbocycles. The topological polar surface area (TPSA) is 49.4 Å². The highest BCUT2D eigenvalue weighted by atomic mass is 16.2. The van der Waals surface area contributed by atoms with Crippen LogP contribution in [-0.2, 0) is 29.1 Å². The van der Waals surface area contributed by atoms with E-state index in [1.54, 1.807) is 0 Å². The van der Waals surface area contributed by atoms with Crippen molar-refractivity contribution in [3.8, 4) is 0 Å². The lowest BCUT2D eigenvalue weighted by molar-refractivity contribution is -0.139. The van der Waals surface area contributed by atoms with Crippen LogP contribution in [0.1, 0.15) is 47.9 Å². The molecule has 0 aromatic heterocycles. The molecule has 1 aliphatic heterocycles. The molecular formula is C25H30N2O2. The minimum atomic E-state index is 0.0325. The molecule has 29 heavy (non-hydrogen) atoms. The van der Waals surface area contributed by atoms with Gasteiger partial charge in [0, 0.05) is 31.5 Å². The van der Waals surface area contributed by atoms with Gasteiger partial charge in [-0.2, -0.15) is 0 Å². The Morgan fingerprint density at radius 1 is 0.931 bits per heavy atom. The fourth-order valence-corrected chi connectivity index (χ4v) is 4.68. The molecule has 2 amide bonds. The number of hydrogen-bond donors (Lipinski definition) is 1. The molecule has 0 unspecified atom stereocenters. The summed E-state index contributed by atoms with van der Waals surface area (Å²) in [6, 6.07) is 16.6. The third kappa shape index (κ3) is 4.52. The minimum absolute atomic E-state index is 0.0325. The van der Waals surface area contributed by atoms with Crippen LogP contribution in [0, 0.1) is 18.8 Å². The van der Waals surface area contributed by atoms with Crippen molar-refractivity contribution in [3.63, 3.8) is 0 Å². The SMILES string of the molecule is Cc1ccccc1CNC(=O)C1CCC(C(=O)N2CCc3ccccc3C2)CC1. The molecule has 1 fully saturated rings. The average Bonchev–Trinajstić information content (AvgIpc) is 2.77. The summed E-state index contributed by atoms with van der Waals surface area (Å²) in [6.07, 6.45) is 4.19. The number of aryl methyl sites for hydroxylation is 1. The maximum absolute atomic E-state index is 13.0. The van der Waals surface area contributed by atoms with E-state index in [1.807, 2.05) is 23.1 Å². The van der Waals surface area contributed by atoms with Crippen molar-refractivity contribution in [1.29, 1.82) is 0 Å². The van der Waals surface area contributed by atoms with E-state index < -0.39 is 0 Å². The Kier molecular flexibility index (Phi) is 5.98. The van der Waals surface area contributed by atoms with Crippen LogP contribution in [0.3, 0.4) is 0 Å². The Hall–Kier alpha value is -2.62. The Morgan fingerprint density at radius 3 is 2.34 bits per heavy atom. The molecule has 1 aliphatic carbocycles. The van der Waals surface area contributed by atoms with Crippen molar-refractivity contribution < 1.29 is 9.59 Å². The van der Waals surface area contributed by atoms with Gasteiger partial charge in [-0.1, -0.05) is 48.5 Å². The first kappa shape index (κ1) is 19.7. The van der Waals surface area contributed by atoms with Crippen LogP contribution < -0.4 is 5.32 Å². The number of rotatable bonds is 4. The van der Waals surface area contributed by atoms with Crippen LogP contribution in [0.25, 0.3) is 0 Å². The molecule has 2 aliphatic rings. The van der Waals surface area contributed by atoms with E-state index in [-0.39, 0.29) is 23.7 Å². The van der Waals surface area contributed by atoms with Gasteiger partial charge in [-0.15, -0.1) is 0 Å². The van der Waals surface area contributed by atoms with Gasteiger partial charge in [0.05, 0.1) is 0 Å². The molecule has 0 bridgehead atoms. The molecule has 4 heteroatoms. The molecule has 4 rings (SSSR count). The number of nitrogens with zero attached hydrogens (tertiary/aromatic N) is 1. The summed E-state index contributed by atoms with van der Waals surface area (Å²) in [4.78, 5) is 27.6. The second-order valence-electron chi connectivity index (χ2n) is 8.47. The van der Waals surface area contributed by atoms with E-state index >= 15 is 0 Å². The normalized spacial score (nSPS) is 21.3. The Labute approximate surface area is 173 Å². The van der Waals surface area contributed by atoms with Crippen molar-refractivity contribution in [1.82, 2.24) is 10.2 Å². The molecule has 0 atom stereocenters. The van der Waals surface area contributed by atoms with Gasteiger partial charge in [0.15, 0.2) is 0 Å². The van der Waals surface area contributed by atoms with Gasteiger partial charge < -0.3 is 10.2 Å². The minimum Gasteiger partial charge on any atom is -0.352 e. The summed E-state index contributed by atoms with van der Waals surface area (Å²) >= 11 is 0. The lowest BCUT2D eigenvalue weighted by Crippen LogP contribution is -2.42. The maximum atomic E-state index is 13.0. The maximum Gasteiger partial charge on any atom is 0.225 e. The van der Waals surface area contributed by atoms with Crippen LogP contribution >= 0.6 is 0 Å². The summed E-state index contributed by atoms with van der Waals surface area (Å²) in [5, 5.41) is 3.09. The third-order valence-electron chi connectivity index (χ3n) is 6.60. The number of hydrogen-bond acceptors (Lipinski definition) is 2. The Balaban J connectivity index is 1.26. The number of nitrogens with one attached hydrogen (secondary N) is 1. The molecule has 1 N–H and O–H groups in total. The number of carbonyl (C=O) groups is 2. The predicted octanol–water partition coefficient (Wildman–Crippen LogP) is 4.00. The molecular weight excluding hydrogens is 360 g/mol. The standard InChI is InChI=1S/C25H30N2O2/c1-18-6-2-3-8-22(18)16-26-24(28)20-10-12-21(13-11-20)25(29)27-15-14-19-7-4-5-9-23(19)17-27/h2-9,20-21H,10-17H2,1H3,(H,26,28). The molecule has 2 aromatic rings. The fraction of sp³-hybridized carbons (Fsp3) is 0.440. The summed E-state index contributed by atoms with van der Waals surface area (Å²) in [6.45, 7) is 4.19. The Bertz CT molecular complexity index is 884. The van der Waals surface area contributed by atoms with Gasteiger partial charge in [-0.3, -0.25) is 9.59 Å². The highest BCUT2D eigenvalue weighted by Gasteiger charge is 2.33. The van der Waals surface area contributed by atoms with Crippen molar-refractivity contribution in [3.05, 3.63) is 70.8 Å². The van der Waals surface area contributed by atoms with Gasteiger partial charge in [0.1, 0.15) is 0 Å². The number of benzene rings is 2. The van der Waals surface area contributed by atoms with Gasteiger partial charge in [0.25, 0.3) is 0 Å². The second-order valence-corrected chi connectivity index (χ2v) is 8.47. The van der Waals surface area contributed by atoms with Crippen molar-refractivity contribution in [2.24, 2.45) is 11.8 Å². The summed E-state index contributed by atoms with van der Waals surface area (Å²) < 4.78 is 0. The number of fused-ring (bicyclic) bond motifs is 1. The first-order valence-corrected chi connectivity index (χ1v) is 10.8. The van der Waals surface area contributed by atoms with Crippen LogP contribution in [0.5, 0.6) is 0 Å². The Morgan fingerprint density at radius 2 is 1.59 bits per heavy atom. The van der Waals surface area contributed by atoms with Crippen LogP contribution in [-0.4, -0.2) is 23.3 Å². The van der Waals surface area contributed by atoms with Gasteiger partial charge >= 0.3 is 0 Å². The van der Waals surface area contributed by atoms with Crippen LogP contribution in [0.4, 0.5) is 0 Å². The van der Waals surface area contributed by atoms with E-state index in [9.17, 15) is 9.59 Å². The van der Waals surface area contributed by atoms with E-state index in [1.165, 1.54) is 16.7 Å². The van der Waals surface area contributed by atoms with Crippen LogP contribution in [0.2, 0.25) is 0 Å². The van der Waals surface area contributed by atoms with Crippen molar-refractivity contribution in [2.75, 3.05) is 6.54 Å². The van der Waals surface area contributed by atoms with Crippen molar-refractivity contribution in [2.45, 2.75) is 52.1 Å². The molecule has 1 heterocycles. The number of amides is 2. The zero-order valence-corrected chi connectivity index (χ0v) is 17.2. The molecule has 0 spiro atoms. The van der Waals surface area contributed by atoms with Gasteiger partial charge in [0.2, 0.25) is 11.8 Å². The smallest absolute Gasteiger partial charge is 0.225 e. The van der Waals surface area contributed by atoms with Gasteiger partial charge in [-0.05, 0) is 61.3 Å². The van der Waals surface area contributed by atoms with Gasteiger partial charge in [-0.25, -0.2) is 0 Å². The lowest BCUT2D eigenvalue weighted by Gasteiger charge is -2.34. The monoisotopic (exact) mass is 390 g/mol. The fourth-order valence-electron chi connectivity index (χ4n) is 4.68. The zero-order chi connectivity index (χ0) is 20.2. The van der Waals surface area contributed by atoms with E-state index in [0.717, 1.165) is 50.8 Å². The summed E-state index contributed by atoms with van der Waals surface area (Å²) in [7, 11) is 0. The van der Waals surface area contributed by atoms with E-state index in [4.69, 9.17) is 0 Å². The molecule has 152 valence electrons. The molecule has 0 radical (unpaired) electrons. The third-order valence-corrected chi connectivity index (χ3v) is 6.60. The van der Waals surface area contributed by atoms with E-state index in [0.29, 0.717) is 6.54 Å². The highest BCUT2D eigenvalue weighted by Crippen LogP contribution is 2.31. The first-order valence-electron chi connectivity index (χ1n) is 10.8. The summed E-state index contributed by atoms with van der Waals surface area (Å²) in [5.74, 6) is 0.509. The summed E-state index contributed by atoms with van der Waals surface area (Å²) in [5.41, 5.74) is 5.00. The lowest BCUT2D eigenvalue weighted by atomic mass is 9.80. The highest BCUT2D eigenvalue weighted by molar-refractivity contribution is 5.81. The molecule has 1 saturated carbocycles. The van der Waals surface area contributed by atoms with Crippen LogP contribution in [0.15, 0.2) is 48.5 Å². The van der Waals surface area contributed by atoms with Crippen molar-refractivity contribution >= 4 is 11.8 Å². The quantitative estimate of drug-likeness (QED) is 0.858. The average molecular weight is 391 g/mol. The second kappa shape index (κ2) is 8.81. The van der Waals surface area contributed by atoms with E-state index in [2.05, 4.69) is 42.6 Å². The zero-order valence-electron chi connectivity index (χ0n) is 17.2. The predicted molar refractivity (Wildman–Crippen MR) is 114 cm³/mol. The molecule has 0 saturated heterocycles. The molecule has 4 nitrogen and oxygen atoms in total. The first-order chi connectivity index (χ1) is 14.1.